The number of aromatic nitrogens is 1. The molecule has 1 heterocycles. The van der Waals surface area contributed by atoms with Gasteiger partial charge >= 0.3 is 0 Å². The quantitative estimate of drug-likeness (QED) is 0.796. The first-order valence-electron chi connectivity index (χ1n) is 6.26. The normalized spacial score (nSPS) is 17.3. The molecular formula is C14H16N2O2. The molecular weight excluding hydrogens is 228 g/mol. The summed E-state index contributed by atoms with van der Waals surface area (Å²) in [5.41, 5.74) is 0.500. The third-order valence-corrected chi connectivity index (χ3v) is 3.20. The van der Waals surface area contributed by atoms with Gasteiger partial charge in [0.25, 0.3) is 0 Å². The third kappa shape index (κ3) is 3.14. The van der Waals surface area contributed by atoms with Crippen molar-refractivity contribution >= 4 is 5.78 Å². The molecule has 0 aliphatic heterocycles. The van der Waals surface area contributed by atoms with E-state index < -0.39 is 5.92 Å². The summed E-state index contributed by atoms with van der Waals surface area (Å²) in [7, 11) is 0. The lowest BCUT2D eigenvalue weighted by atomic mass is 10.0. The minimum Gasteiger partial charge on any atom is -0.370 e. The Labute approximate surface area is 107 Å². The molecule has 0 bridgehead atoms. The highest BCUT2D eigenvalue weighted by atomic mass is 16.5. The van der Waals surface area contributed by atoms with Gasteiger partial charge in [-0.2, -0.15) is 5.26 Å². The highest BCUT2D eigenvalue weighted by Crippen LogP contribution is 2.21. The maximum absolute atomic E-state index is 11.9. The summed E-state index contributed by atoms with van der Waals surface area (Å²) in [6, 6.07) is 7.23. The van der Waals surface area contributed by atoms with Gasteiger partial charge in [-0.3, -0.25) is 9.78 Å². The molecule has 0 radical (unpaired) electrons. The Morgan fingerprint density at radius 3 is 2.89 bits per heavy atom. The predicted molar refractivity (Wildman–Crippen MR) is 65.8 cm³/mol. The number of pyridine rings is 1. The van der Waals surface area contributed by atoms with E-state index in [1.165, 1.54) is 12.8 Å². The Morgan fingerprint density at radius 2 is 2.28 bits per heavy atom. The van der Waals surface area contributed by atoms with Crippen molar-refractivity contribution in [2.45, 2.75) is 37.7 Å². The number of hydrogen-bond acceptors (Lipinski definition) is 4. The molecule has 0 N–H and O–H groups in total. The number of nitrogens with zero attached hydrogens (tertiary/aromatic N) is 2. The fourth-order valence-electron chi connectivity index (χ4n) is 2.19. The molecule has 1 aromatic heterocycles. The Balaban J connectivity index is 1.92. The van der Waals surface area contributed by atoms with Crippen LogP contribution in [-0.2, 0) is 9.53 Å². The maximum atomic E-state index is 11.9. The number of carbonyl (C=O) groups is 1. The number of Topliss-reactive ketones (excluding diaryl/α,β-unsaturated/α-hetero) is 1. The Kier molecular flexibility index (Phi) is 4.43. The number of carbonyl (C=O) groups excluding carboxylic acids is 1. The monoisotopic (exact) mass is 244 g/mol. The number of hydrogen-bond donors (Lipinski definition) is 0. The average Bonchev–Trinajstić information content (AvgIpc) is 2.92. The van der Waals surface area contributed by atoms with Crippen LogP contribution in [0, 0.1) is 11.3 Å². The second-order valence-electron chi connectivity index (χ2n) is 4.50. The molecule has 1 atom stereocenters. The summed E-state index contributed by atoms with van der Waals surface area (Å²) < 4.78 is 5.54. The second kappa shape index (κ2) is 6.27. The van der Waals surface area contributed by atoms with Gasteiger partial charge < -0.3 is 4.74 Å². The van der Waals surface area contributed by atoms with Gasteiger partial charge in [0.15, 0.2) is 5.78 Å². The molecule has 0 saturated heterocycles. The highest BCUT2D eigenvalue weighted by Gasteiger charge is 2.23. The van der Waals surface area contributed by atoms with Crippen molar-refractivity contribution in [3.8, 4) is 6.07 Å². The van der Waals surface area contributed by atoms with E-state index in [-0.39, 0.29) is 18.5 Å². The maximum Gasteiger partial charge on any atom is 0.181 e. The molecule has 1 aliphatic carbocycles. The first-order chi connectivity index (χ1) is 8.81. The van der Waals surface area contributed by atoms with Gasteiger partial charge in [0, 0.05) is 6.20 Å². The highest BCUT2D eigenvalue weighted by molar-refractivity contribution is 5.89. The van der Waals surface area contributed by atoms with Crippen LogP contribution in [0.5, 0.6) is 0 Å². The van der Waals surface area contributed by atoms with Gasteiger partial charge in [-0.05, 0) is 25.0 Å². The largest absolute Gasteiger partial charge is 0.370 e. The standard InChI is InChI=1S/C14H16N2O2/c15-9-12(13-7-3-4-8-16-13)14(17)10-18-11-5-1-2-6-11/h3-4,7-8,11-12H,1-2,5-6,10H2/t12-/m1/s1. The summed E-state index contributed by atoms with van der Waals surface area (Å²) in [6.07, 6.45) is 6.16. The van der Waals surface area contributed by atoms with Crippen molar-refractivity contribution in [1.82, 2.24) is 4.98 Å². The molecule has 4 nitrogen and oxygen atoms in total. The van der Waals surface area contributed by atoms with E-state index >= 15 is 0 Å². The first-order valence-corrected chi connectivity index (χ1v) is 6.26. The van der Waals surface area contributed by atoms with Crippen LogP contribution in [0.15, 0.2) is 24.4 Å². The van der Waals surface area contributed by atoms with Crippen LogP contribution in [0.25, 0.3) is 0 Å². The summed E-state index contributed by atoms with van der Waals surface area (Å²) >= 11 is 0. The van der Waals surface area contributed by atoms with Crippen LogP contribution in [0.2, 0.25) is 0 Å². The summed E-state index contributed by atoms with van der Waals surface area (Å²) in [5.74, 6) is -1.02. The Morgan fingerprint density at radius 1 is 1.50 bits per heavy atom. The van der Waals surface area contributed by atoms with Crippen molar-refractivity contribution in [2.75, 3.05) is 6.61 Å². The topological polar surface area (TPSA) is 63.0 Å². The summed E-state index contributed by atoms with van der Waals surface area (Å²) in [4.78, 5) is 16.0. The SMILES string of the molecule is N#C[C@@H](C(=O)COC1CCCC1)c1ccccn1. The van der Waals surface area contributed by atoms with Crippen LogP contribution in [0.1, 0.15) is 37.3 Å². The van der Waals surface area contributed by atoms with E-state index in [9.17, 15) is 4.79 Å². The van der Waals surface area contributed by atoms with Gasteiger partial charge in [-0.1, -0.05) is 18.9 Å². The zero-order valence-electron chi connectivity index (χ0n) is 10.2. The first kappa shape index (κ1) is 12.7. The van der Waals surface area contributed by atoms with Crippen molar-refractivity contribution < 1.29 is 9.53 Å². The van der Waals surface area contributed by atoms with E-state index in [1.54, 1.807) is 24.4 Å². The lowest BCUT2D eigenvalue weighted by Crippen LogP contribution is -2.21. The lowest BCUT2D eigenvalue weighted by Gasteiger charge is -2.12. The molecule has 2 rings (SSSR count). The number of nitriles is 1. The van der Waals surface area contributed by atoms with Crippen LogP contribution in [0.4, 0.5) is 0 Å². The van der Waals surface area contributed by atoms with Crippen LogP contribution in [0.3, 0.4) is 0 Å². The predicted octanol–water partition coefficient (Wildman–Crippen LogP) is 2.22. The number of rotatable bonds is 5. The molecule has 0 unspecified atom stereocenters. The number of ether oxygens (including phenoxy) is 1. The van der Waals surface area contributed by atoms with Gasteiger partial charge in [-0.15, -0.1) is 0 Å². The molecule has 4 heteroatoms. The zero-order valence-corrected chi connectivity index (χ0v) is 10.2. The van der Waals surface area contributed by atoms with E-state index in [0.29, 0.717) is 5.69 Å². The van der Waals surface area contributed by atoms with Crippen LogP contribution >= 0.6 is 0 Å². The van der Waals surface area contributed by atoms with E-state index in [4.69, 9.17) is 10.00 Å². The molecule has 0 amide bonds. The molecule has 18 heavy (non-hydrogen) atoms. The molecule has 1 aliphatic rings. The molecule has 0 aromatic carbocycles. The van der Waals surface area contributed by atoms with Gasteiger partial charge in [0.1, 0.15) is 12.5 Å². The van der Waals surface area contributed by atoms with Crippen LogP contribution < -0.4 is 0 Å². The molecule has 0 spiro atoms. The zero-order chi connectivity index (χ0) is 12.8. The molecule has 1 aromatic rings. The third-order valence-electron chi connectivity index (χ3n) is 3.20. The minimum atomic E-state index is -0.812. The van der Waals surface area contributed by atoms with E-state index in [1.807, 2.05) is 6.07 Å². The van der Waals surface area contributed by atoms with Gasteiger partial charge in [0.2, 0.25) is 0 Å². The van der Waals surface area contributed by atoms with Gasteiger partial charge in [0.05, 0.1) is 17.9 Å². The minimum absolute atomic E-state index is 0.0134. The Hall–Kier alpha value is -1.73. The number of ketones is 1. The summed E-state index contributed by atoms with van der Waals surface area (Å²) in [6.45, 7) is 0.0134. The average molecular weight is 244 g/mol. The molecule has 1 saturated carbocycles. The smallest absolute Gasteiger partial charge is 0.181 e. The fourth-order valence-corrected chi connectivity index (χ4v) is 2.19. The van der Waals surface area contributed by atoms with Crippen molar-refractivity contribution in [2.24, 2.45) is 0 Å². The van der Waals surface area contributed by atoms with E-state index in [2.05, 4.69) is 4.98 Å². The fraction of sp³-hybridized carbons (Fsp3) is 0.500. The molecule has 1 fully saturated rings. The van der Waals surface area contributed by atoms with Crippen molar-refractivity contribution in [3.63, 3.8) is 0 Å². The molecule has 94 valence electrons. The van der Waals surface area contributed by atoms with Crippen molar-refractivity contribution in [1.29, 1.82) is 5.26 Å². The summed E-state index contributed by atoms with van der Waals surface area (Å²) in [5, 5.41) is 9.08. The van der Waals surface area contributed by atoms with Crippen molar-refractivity contribution in [3.05, 3.63) is 30.1 Å². The second-order valence-corrected chi connectivity index (χ2v) is 4.50. The lowest BCUT2D eigenvalue weighted by molar-refractivity contribution is -0.125. The van der Waals surface area contributed by atoms with E-state index in [0.717, 1.165) is 12.8 Å². The van der Waals surface area contributed by atoms with Gasteiger partial charge in [-0.25, -0.2) is 0 Å². The Bertz CT molecular complexity index is 433. The van der Waals surface area contributed by atoms with Crippen LogP contribution in [-0.4, -0.2) is 23.5 Å².